The number of likely N-dealkylation sites (N-methyl/N-ethyl adjacent to an activating group) is 1. The number of amides is 3. The molecule has 0 aromatic carbocycles. The summed E-state index contributed by atoms with van der Waals surface area (Å²) >= 11 is 0. The number of alkyl halides is 3. The average molecular weight is 522 g/mol. The molecule has 2 aromatic heterocycles. The Kier molecular flexibility index (Phi) is 6.73. The lowest BCUT2D eigenvalue weighted by Gasteiger charge is -2.36. The number of hydrogen-bond acceptors (Lipinski definition) is 6. The van der Waals surface area contributed by atoms with Crippen molar-refractivity contribution in [2.75, 3.05) is 51.7 Å². The van der Waals surface area contributed by atoms with Crippen LogP contribution >= 0.6 is 0 Å². The van der Waals surface area contributed by atoms with Crippen LogP contribution in [0.4, 0.5) is 23.7 Å². The molecule has 2 N–H and O–H groups in total. The van der Waals surface area contributed by atoms with Crippen molar-refractivity contribution in [2.24, 2.45) is 0 Å². The molecule has 200 valence electrons. The Morgan fingerprint density at radius 2 is 1.86 bits per heavy atom. The molecule has 2 saturated heterocycles. The molecule has 3 fully saturated rings. The fraction of sp³-hybridized carbons (Fsp3) is 0.583. The van der Waals surface area contributed by atoms with Crippen LogP contribution in [0.2, 0.25) is 0 Å². The maximum atomic E-state index is 13.1. The van der Waals surface area contributed by atoms with Crippen molar-refractivity contribution in [3.63, 3.8) is 0 Å². The maximum absolute atomic E-state index is 13.1. The Morgan fingerprint density at radius 1 is 1.11 bits per heavy atom. The van der Waals surface area contributed by atoms with Crippen molar-refractivity contribution in [3.05, 3.63) is 24.0 Å². The number of piperidine rings is 1. The number of nitrogens with one attached hydrogen (secondary N) is 2. The minimum absolute atomic E-state index is 0.0494. The molecule has 0 unspecified atom stereocenters. The normalized spacial score (nSPS) is 19.7. The number of likely N-dealkylation sites (tertiary alicyclic amines) is 1. The third kappa shape index (κ3) is 5.50. The molecule has 1 spiro atoms. The number of carbonyl (C=O) groups excluding carboxylic acids is 2. The van der Waals surface area contributed by atoms with Crippen LogP contribution in [0.1, 0.15) is 42.5 Å². The predicted molar refractivity (Wildman–Crippen MR) is 128 cm³/mol. The summed E-state index contributed by atoms with van der Waals surface area (Å²) in [6.07, 6.45) is 3.07. The van der Waals surface area contributed by atoms with Crippen LogP contribution in [0.15, 0.2) is 18.5 Å². The van der Waals surface area contributed by atoms with Crippen molar-refractivity contribution in [3.8, 4) is 17.1 Å². The topological polar surface area (TPSA) is 107 Å². The molecule has 3 aliphatic rings. The summed E-state index contributed by atoms with van der Waals surface area (Å²) in [7, 11) is 1.94. The Labute approximate surface area is 212 Å². The minimum Gasteiger partial charge on any atom is -0.483 e. The molecule has 2 aromatic rings. The number of rotatable bonds is 5. The zero-order valence-electron chi connectivity index (χ0n) is 20.6. The number of urea groups is 1. The maximum Gasteiger partial charge on any atom is 0.422 e. The van der Waals surface area contributed by atoms with E-state index in [4.69, 9.17) is 4.74 Å². The number of aromatic amines is 1. The molecule has 37 heavy (non-hydrogen) atoms. The molecule has 0 bridgehead atoms. The largest absolute Gasteiger partial charge is 0.483 e. The predicted octanol–water partition coefficient (Wildman–Crippen LogP) is 3.35. The van der Waals surface area contributed by atoms with Crippen LogP contribution in [0, 0.1) is 0 Å². The van der Waals surface area contributed by atoms with Crippen LogP contribution in [0.25, 0.3) is 11.4 Å². The van der Waals surface area contributed by atoms with Crippen molar-refractivity contribution < 1.29 is 27.5 Å². The molecule has 13 heteroatoms. The van der Waals surface area contributed by atoms with Gasteiger partial charge < -0.3 is 24.8 Å². The quantitative estimate of drug-likeness (QED) is 0.625. The van der Waals surface area contributed by atoms with Crippen LogP contribution in [-0.2, 0) is 0 Å². The van der Waals surface area contributed by atoms with E-state index in [1.165, 1.54) is 18.5 Å². The van der Waals surface area contributed by atoms with Crippen molar-refractivity contribution >= 4 is 17.6 Å². The smallest absolute Gasteiger partial charge is 0.422 e. The molecule has 5 rings (SSSR count). The molecular weight excluding hydrogens is 491 g/mol. The molecule has 0 atom stereocenters. The molecular formula is C24H30F3N7O3. The van der Waals surface area contributed by atoms with Crippen LogP contribution in [-0.4, -0.2) is 99.9 Å². The van der Waals surface area contributed by atoms with E-state index in [1.807, 2.05) is 11.9 Å². The molecule has 4 heterocycles. The first-order chi connectivity index (χ1) is 17.7. The molecule has 3 amide bonds. The number of anilines is 1. The highest BCUT2D eigenvalue weighted by Crippen LogP contribution is 2.48. The third-order valence-electron chi connectivity index (χ3n) is 7.33. The van der Waals surface area contributed by atoms with Gasteiger partial charge >= 0.3 is 12.2 Å². The van der Waals surface area contributed by atoms with E-state index in [0.717, 1.165) is 32.1 Å². The zero-order valence-corrected chi connectivity index (χ0v) is 20.6. The third-order valence-corrected chi connectivity index (χ3v) is 7.33. The fourth-order valence-corrected chi connectivity index (χ4v) is 5.03. The summed E-state index contributed by atoms with van der Waals surface area (Å²) in [6.45, 7) is 1.34. The van der Waals surface area contributed by atoms with Gasteiger partial charge in [0.25, 0.3) is 5.91 Å². The Bertz CT molecular complexity index is 1160. The second-order valence-electron chi connectivity index (χ2n) is 9.99. The van der Waals surface area contributed by atoms with Crippen molar-refractivity contribution in [2.45, 2.75) is 43.8 Å². The van der Waals surface area contributed by atoms with Crippen molar-refractivity contribution in [1.29, 1.82) is 0 Å². The second kappa shape index (κ2) is 9.84. The van der Waals surface area contributed by atoms with Gasteiger partial charge in [0.15, 0.2) is 6.61 Å². The standard InChI is InChI=1S/C24H30F3N7O3/c1-32-8-10-33(11-9-32)21(35)16-13-28-17(12-19(16)37-15-24(25,26)27)20-18(14-29-31-20)30-22(36)34-7-3-2-4-23(34)5-6-23/h12-14H,2-11,15H2,1H3,(H,29,31)(H,30,36). The highest BCUT2D eigenvalue weighted by molar-refractivity contribution is 5.98. The number of H-pyrrole nitrogens is 1. The molecule has 1 saturated carbocycles. The Morgan fingerprint density at radius 3 is 2.57 bits per heavy atom. The number of pyridine rings is 1. The van der Waals surface area contributed by atoms with E-state index >= 15 is 0 Å². The number of nitrogens with zero attached hydrogens (tertiary/aromatic N) is 5. The highest BCUT2D eigenvalue weighted by Gasteiger charge is 2.51. The van der Waals surface area contributed by atoms with Gasteiger partial charge in [-0.1, -0.05) is 0 Å². The van der Waals surface area contributed by atoms with E-state index in [2.05, 4.69) is 25.4 Å². The summed E-state index contributed by atoms with van der Waals surface area (Å²) in [5, 5.41) is 9.64. The molecule has 2 aliphatic heterocycles. The molecule has 1 aliphatic carbocycles. The van der Waals surface area contributed by atoms with Gasteiger partial charge in [-0.25, -0.2) is 4.79 Å². The number of carbonyl (C=O) groups is 2. The summed E-state index contributed by atoms with van der Waals surface area (Å²) in [6, 6.07) is 1.04. The van der Waals surface area contributed by atoms with E-state index in [9.17, 15) is 22.8 Å². The van der Waals surface area contributed by atoms with Crippen LogP contribution in [0.5, 0.6) is 5.75 Å². The monoisotopic (exact) mass is 521 g/mol. The van der Waals surface area contributed by atoms with Crippen LogP contribution < -0.4 is 10.1 Å². The number of hydrogen-bond donors (Lipinski definition) is 2. The molecule has 0 radical (unpaired) electrons. The van der Waals surface area contributed by atoms with E-state index < -0.39 is 18.7 Å². The Balaban J connectivity index is 1.39. The SMILES string of the molecule is CN1CCN(C(=O)c2cnc(-c3[nH]ncc3NC(=O)N3CCCCC34CC4)cc2OCC(F)(F)F)CC1. The lowest BCUT2D eigenvalue weighted by atomic mass is 10.0. The molecule has 10 nitrogen and oxygen atoms in total. The number of halogens is 3. The van der Waals surface area contributed by atoms with E-state index in [-0.39, 0.29) is 28.6 Å². The lowest BCUT2D eigenvalue weighted by Crippen LogP contribution is -2.47. The first-order valence-corrected chi connectivity index (χ1v) is 12.4. The minimum atomic E-state index is -4.59. The highest BCUT2D eigenvalue weighted by atomic mass is 19.4. The summed E-state index contributed by atoms with van der Waals surface area (Å²) in [4.78, 5) is 36.0. The van der Waals surface area contributed by atoms with Gasteiger partial charge in [0.05, 0.1) is 23.1 Å². The zero-order chi connectivity index (χ0) is 26.2. The van der Waals surface area contributed by atoms with Gasteiger partial charge in [-0.05, 0) is 39.2 Å². The van der Waals surface area contributed by atoms with Gasteiger partial charge in [0.2, 0.25) is 0 Å². The van der Waals surface area contributed by atoms with Crippen molar-refractivity contribution in [1.82, 2.24) is 29.9 Å². The van der Waals surface area contributed by atoms with Gasteiger partial charge in [0, 0.05) is 50.5 Å². The fourth-order valence-electron chi connectivity index (χ4n) is 5.03. The van der Waals surface area contributed by atoms with Gasteiger partial charge in [-0.3, -0.25) is 14.9 Å². The number of aromatic nitrogens is 3. The first-order valence-electron chi connectivity index (χ1n) is 12.4. The second-order valence-corrected chi connectivity index (χ2v) is 9.99. The lowest BCUT2D eigenvalue weighted by molar-refractivity contribution is -0.153. The summed E-state index contributed by atoms with van der Waals surface area (Å²) < 4.78 is 44.0. The van der Waals surface area contributed by atoms with Crippen LogP contribution in [0.3, 0.4) is 0 Å². The number of piperazine rings is 1. The van der Waals surface area contributed by atoms with Gasteiger partial charge in [-0.2, -0.15) is 18.3 Å². The summed E-state index contributed by atoms with van der Waals surface area (Å²) in [5.74, 6) is -0.673. The summed E-state index contributed by atoms with van der Waals surface area (Å²) in [5.41, 5.74) is 0.740. The Hall–Kier alpha value is -3.35. The van der Waals surface area contributed by atoms with Gasteiger partial charge in [0.1, 0.15) is 11.4 Å². The van der Waals surface area contributed by atoms with Gasteiger partial charge in [-0.15, -0.1) is 0 Å². The van der Waals surface area contributed by atoms with E-state index in [1.54, 1.807) is 4.90 Å². The average Bonchev–Trinajstić information content (AvgIpc) is 3.47. The number of ether oxygens (including phenoxy) is 1. The van der Waals surface area contributed by atoms with E-state index in [0.29, 0.717) is 44.1 Å². The first kappa shape index (κ1) is 25.3.